The predicted octanol–water partition coefficient (Wildman–Crippen LogP) is 1.37. The maximum Gasteiger partial charge on any atom is 0.293 e. The predicted molar refractivity (Wildman–Crippen MR) is 70.7 cm³/mol. The Hall–Kier alpha value is -1.36. The molecule has 1 aromatic rings. The zero-order valence-corrected chi connectivity index (χ0v) is 10.9. The third-order valence-electron chi connectivity index (χ3n) is 3.50. The molecule has 0 amide bonds. The van der Waals surface area contributed by atoms with Gasteiger partial charge in [-0.2, -0.15) is 0 Å². The van der Waals surface area contributed by atoms with Crippen molar-refractivity contribution in [1.82, 2.24) is 9.55 Å². The van der Waals surface area contributed by atoms with Crippen molar-refractivity contribution in [2.45, 2.75) is 51.2 Å². The van der Waals surface area contributed by atoms with Gasteiger partial charge >= 0.3 is 0 Å². The van der Waals surface area contributed by atoms with Gasteiger partial charge in [0, 0.05) is 25.5 Å². The number of aromatic nitrogens is 2. The van der Waals surface area contributed by atoms with Crippen molar-refractivity contribution < 1.29 is 5.11 Å². The molecule has 0 aliphatic heterocycles. The number of rotatable bonds is 5. The number of hydrogen-bond acceptors (Lipinski definition) is 4. The zero-order valence-electron chi connectivity index (χ0n) is 10.9. The quantitative estimate of drug-likeness (QED) is 0.829. The van der Waals surface area contributed by atoms with Gasteiger partial charge in [-0.05, 0) is 19.3 Å². The maximum absolute atomic E-state index is 12.0. The summed E-state index contributed by atoms with van der Waals surface area (Å²) in [5.74, 6) is 0.339. The van der Waals surface area contributed by atoms with Crippen LogP contribution in [0.4, 0.5) is 5.82 Å². The highest BCUT2D eigenvalue weighted by Gasteiger charge is 2.31. The molecule has 0 spiro atoms. The van der Waals surface area contributed by atoms with Crippen LogP contribution in [0.2, 0.25) is 0 Å². The Morgan fingerprint density at radius 1 is 1.50 bits per heavy atom. The Morgan fingerprint density at radius 2 is 2.22 bits per heavy atom. The lowest BCUT2D eigenvalue weighted by molar-refractivity contribution is 0.0613. The van der Waals surface area contributed by atoms with E-state index in [4.69, 9.17) is 0 Å². The standard InChI is InChI=1S/C13H21N3O2/c1-2-8-16-9-7-14-11(12(16)17)15-10-13(18)5-3-4-6-13/h7,9,18H,2-6,8,10H2,1H3,(H,14,15). The molecular formula is C13H21N3O2. The molecule has 2 N–H and O–H groups in total. The van der Waals surface area contributed by atoms with Crippen LogP contribution in [0.3, 0.4) is 0 Å². The van der Waals surface area contributed by atoms with Gasteiger partial charge in [-0.15, -0.1) is 0 Å². The second-order valence-corrected chi connectivity index (χ2v) is 5.06. The molecule has 0 saturated heterocycles. The smallest absolute Gasteiger partial charge is 0.293 e. The fraction of sp³-hybridized carbons (Fsp3) is 0.692. The Bertz CT molecular complexity index is 450. The van der Waals surface area contributed by atoms with E-state index in [1.807, 2.05) is 6.92 Å². The molecule has 1 fully saturated rings. The third kappa shape index (κ3) is 2.90. The van der Waals surface area contributed by atoms with Gasteiger partial charge in [-0.3, -0.25) is 4.79 Å². The van der Waals surface area contributed by atoms with Crippen molar-refractivity contribution in [3.8, 4) is 0 Å². The van der Waals surface area contributed by atoms with Crippen molar-refractivity contribution in [3.63, 3.8) is 0 Å². The summed E-state index contributed by atoms with van der Waals surface area (Å²) in [5.41, 5.74) is -0.777. The van der Waals surface area contributed by atoms with E-state index in [-0.39, 0.29) is 5.56 Å². The van der Waals surface area contributed by atoms with Gasteiger partial charge in [0.05, 0.1) is 5.60 Å². The molecule has 1 aromatic heterocycles. The van der Waals surface area contributed by atoms with Gasteiger partial charge in [0.2, 0.25) is 0 Å². The van der Waals surface area contributed by atoms with Gasteiger partial charge in [0.1, 0.15) is 0 Å². The summed E-state index contributed by atoms with van der Waals surface area (Å²) in [6.45, 7) is 3.13. The lowest BCUT2D eigenvalue weighted by atomic mass is 10.0. The number of anilines is 1. The van der Waals surface area contributed by atoms with E-state index in [1.54, 1.807) is 17.0 Å². The summed E-state index contributed by atoms with van der Waals surface area (Å²) in [6, 6.07) is 0. The lowest BCUT2D eigenvalue weighted by Gasteiger charge is -2.22. The molecule has 1 heterocycles. The Labute approximate surface area is 107 Å². The highest BCUT2D eigenvalue weighted by Crippen LogP contribution is 2.29. The molecule has 2 rings (SSSR count). The van der Waals surface area contributed by atoms with Crippen LogP contribution in [0, 0.1) is 0 Å². The van der Waals surface area contributed by atoms with Gasteiger partial charge in [0.25, 0.3) is 5.56 Å². The summed E-state index contributed by atoms with van der Waals surface area (Å²) in [4.78, 5) is 16.1. The van der Waals surface area contributed by atoms with Gasteiger partial charge < -0.3 is 15.0 Å². The average molecular weight is 251 g/mol. The molecule has 5 nitrogen and oxygen atoms in total. The number of aliphatic hydroxyl groups is 1. The molecule has 1 saturated carbocycles. The number of aryl methyl sites for hydroxylation is 1. The first-order chi connectivity index (χ1) is 8.64. The summed E-state index contributed by atoms with van der Waals surface area (Å²) in [5, 5.41) is 13.2. The normalized spacial score (nSPS) is 17.9. The first-order valence-corrected chi connectivity index (χ1v) is 6.66. The van der Waals surface area contributed by atoms with Gasteiger partial charge in [-0.25, -0.2) is 4.98 Å². The van der Waals surface area contributed by atoms with Crippen molar-refractivity contribution >= 4 is 5.82 Å². The van der Waals surface area contributed by atoms with Crippen molar-refractivity contribution in [1.29, 1.82) is 0 Å². The van der Waals surface area contributed by atoms with E-state index in [2.05, 4.69) is 10.3 Å². The molecule has 1 aliphatic carbocycles. The SMILES string of the molecule is CCCn1ccnc(NCC2(O)CCCC2)c1=O. The topological polar surface area (TPSA) is 67.2 Å². The first kappa shape index (κ1) is 13.1. The first-order valence-electron chi connectivity index (χ1n) is 6.66. The molecule has 18 heavy (non-hydrogen) atoms. The Morgan fingerprint density at radius 3 is 2.89 bits per heavy atom. The monoisotopic (exact) mass is 251 g/mol. The third-order valence-corrected chi connectivity index (χ3v) is 3.50. The van der Waals surface area contributed by atoms with E-state index in [1.165, 1.54) is 0 Å². The second-order valence-electron chi connectivity index (χ2n) is 5.06. The van der Waals surface area contributed by atoms with Crippen LogP contribution in [0.25, 0.3) is 0 Å². The average Bonchev–Trinajstić information content (AvgIpc) is 2.78. The van der Waals surface area contributed by atoms with Crippen LogP contribution >= 0.6 is 0 Å². The van der Waals surface area contributed by atoms with Crippen LogP contribution in [-0.4, -0.2) is 26.8 Å². The van der Waals surface area contributed by atoms with E-state index in [9.17, 15) is 9.90 Å². The van der Waals surface area contributed by atoms with Crippen LogP contribution in [0.1, 0.15) is 39.0 Å². The largest absolute Gasteiger partial charge is 0.388 e. The highest BCUT2D eigenvalue weighted by atomic mass is 16.3. The van der Waals surface area contributed by atoms with E-state index in [0.717, 1.165) is 32.1 Å². The molecule has 0 radical (unpaired) electrons. The minimum atomic E-state index is -0.667. The molecule has 1 aliphatic rings. The van der Waals surface area contributed by atoms with E-state index in [0.29, 0.717) is 18.9 Å². The van der Waals surface area contributed by atoms with Crippen LogP contribution in [0.15, 0.2) is 17.2 Å². The maximum atomic E-state index is 12.0. The molecule has 100 valence electrons. The molecule has 0 atom stereocenters. The molecule has 5 heteroatoms. The van der Waals surface area contributed by atoms with Crippen molar-refractivity contribution in [2.75, 3.05) is 11.9 Å². The van der Waals surface area contributed by atoms with Crippen LogP contribution in [-0.2, 0) is 6.54 Å². The Balaban J connectivity index is 2.05. The van der Waals surface area contributed by atoms with Crippen LogP contribution < -0.4 is 10.9 Å². The van der Waals surface area contributed by atoms with Gasteiger partial charge in [0.15, 0.2) is 5.82 Å². The number of hydrogen-bond donors (Lipinski definition) is 2. The highest BCUT2D eigenvalue weighted by molar-refractivity contribution is 5.31. The minimum absolute atomic E-state index is 0.110. The van der Waals surface area contributed by atoms with Crippen molar-refractivity contribution in [3.05, 3.63) is 22.7 Å². The molecule has 0 bridgehead atoms. The van der Waals surface area contributed by atoms with Crippen molar-refractivity contribution in [2.24, 2.45) is 0 Å². The summed E-state index contributed by atoms with van der Waals surface area (Å²) < 4.78 is 1.65. The summed E-state index contributed by atoms with van der Waals surface area (Å²) >= 11 is 0. The van der Waals surface area contributed by atoms with E-state index < -0.39 is 5.60 Å². The second kappa shape index (κ2) is 5.52. The molecular weight excluding hydrogens is 230 g/mol. The fourth-order valence-electron chi connectivity index (χ4n) is 2.44. The number of nitrogens with one attached hydrogen (secondary N) is 1. The zero-order chi connectivity index (χ0) is 13.0. The Kier molecular flexibility index (Phi) is 4.01. The number of nitrogens with zero attached hydrogens (tertiary/aromatic N) is 2. The summed E-state index contributed by atoms with van der Waals surface area (Å²) in [6.07, 6.45) is 7.94. The van der Waals surface area contributed by atoms with Gasteiger partial charge in [-0.1, -0.05) is 19.8 Å². The lowest BCUT2D eigenvalue weighted by Crippen LogP contribution is -2.36. The molecule has 0 unspecified atom stereocenters. The minimum Gasteiger partial charge on any atom is -0.388 e. The fourth-order valence-corrected chi connectivity index (χ4v) is 2.44. The summed E-state index contributed by atoms with van der Waals surface area (Å²) in [7, 11) is 0. The molecule has 0 aromatic carbocycles. The van der Waals surface area contributed by atoms with E-state index >= 15 is 0 Å². The van der Waals surface area contributed by atoms with Crippen LogP contribution in [0.5, 0.6) is 0 Å².